The van der Waals surface area contributed by atoms with Gasteiger partial charge < -0.3 is 0 Å². The number of rotatable bonds is 2. The average Bonchev–Trinajstić information content (AvgIpc) is 3.53. The number of fused-ring (bicyclic) bond motifs is 6. The molecule has 46 heavy (non-hydrogen) atoms. The Hall–Kier alpha value is -2.55. The molecule has 0 aromatic heterocycles. The molecule has 4 aromatic carbocycles. The van der Waals surface area contributed by atoms with Crippen LogP contribution in [0.5, 0.6) is 0 Å². The van der Waals surface area contributed by atoms with E-state index in [2.05, 4.69) is 164 Å². The molecule has 0 radical (unpaired) electrons. The fourth-order valence-corrected chi connectivity index (χ4v) is 45.0. The van der Waals surface area contributed by atoms with E-state index in [1.807, 2.05) is 10.4 Å². The first kappa shape index (κ1) is 32.0. The van der Waals surface area contributed by atoms with Crippen LogP contribution in [0.3, 0.4) is 0 Å². The third kappa shape index (κ3) is 4.17. The predicted molar refractivity (Wildman–Crippen MR) is 201 cm³/mol. The Labute approximate surface area is 284 Å². The van der Waals surface area contributed by atoms with Crippen LogP contribution < -0.4 is 0 Å². The van der Waals surface area contributed by atoms with Crippen LogP contribution in [0, 0.1) is 27.7 Å². The molecule has 1 aliphatic heterocycles. The van der Waals surface area contributed by atoms with Gasteiger partial charge >= 0.3 is 286 Å². The fourth-order valence-electron chi connectivity index (χ4n) is 11.2. The van der Waals surface area contributed by atoms with E-state index in [9.17, 15) is 0 Å². The van der Waals surface area contributed by atoms with E-state index in [4.69, 9.17) is 0 Å². The van der Waals surface area contributed by atoms with Crippen molar-refractivity contribution in [1.29, 1.82) is 0 Å². The molecular weight excluding hydrogens is 735 g/mol. The van der Waals surface area contributed by atoms with Crippen LogP contribution in [0.2, 0.25) is 19.4 Å². The van der Waals surface area contributed by atoms with Crippen LogP contribution >= 0.6 is 0 Å². The van der Waals surface area contributed by atoms with Gasteiger partial charge in [-0.3, -0.25) is 0 Å². The first-order valence-corrected chi connectivity index (χ1v) is 30.7. The number of aryl methyl sites for hydroxylation is 4. The molecule has 1 saturated heterocycles. The molecule has 2 atom stereocenters. The number of benzene rings is 4. The Morgan fingerprint density at radius 2 is 0.826 bits per heavy atom. The van der Waals surface area contributed by atoms with E-state index < -0.39 is 28.0 Å². The topological polar surface area (TPSA) is 0 Å². The van der Waals surface area contributed by atoms with Crippen molar-refractivity contribution < 1.29 is 20.0 Å². The van der Waals surface area contributed by atoms with E-state index in [-0.39, 0.29) is 10.1 Å². The van der Waals surface area contributed by atoms with Crippen molar-refractivity contribution in [3.63, 3.8) is 0 Å². The van der Waals surface area contributed by atoms with E-state index in [1.165, 1.54) is 55.6 Å². The molecule has 0 bridgehead atoms. The second-order valence-corrected chi connectivity index (χ2v) is 40.2. The zero-order valence-corrected chi connectivity index (χ0v) is 34.8. The summed E-state index contributed by atoms with van der Waals surface area (Å²) >= 11 is -3.21. The molecule has 0 N–H and O–H groups in total. The second-order valence-electron chi connectivity index (χ2n) is 17.3. The summed E-state index contributed by atoms with van der Waals surface area (Å²) in [4.78, 5) is 0. The van der Waals surface area contributed by atoms with Crippen molar-refractivity contribution in [3.8, 4) is 22.3 Å². The van der Waals surface area contributed by atoms with E-state index in [1.54, 1.807) is 11.1 Å². The molecule has 1 fully saturated rings. The molecule has 2 aliphatic carbocycles. The van der Waals surface area contributed by atoms with E-state index >= 15 is 0 Å². The van der Waals surface area contributed by atoms with Gasteiger partial charge in [-0.15, -0.1) is 0 Å². The van der Waals surface area contributed by atoms with Gasteiger partial charge in [0, 0.05) is 0 Å². The van der Waals surface area contributed by atoms with Crippen LogP contribution in [-0.4, -0.2) is 8.07 Å². The summed E-state index contributed by atoms with van der Waals surface area (Å²) in [6.45, 7) is 24.8. The van der Waals surface area contributed by atoms with Gasteiger partial charge in [0.2, 0.25) is 0 Å². The maximum atomic E-state index is 2.81. The molecule has 7 rings (SSSR count). The van der Waals surface area contributed by atoms with Gasteiger partial charge in [0.25, 0.3) is 0 Å². The van der Waals surface area contributed by atoms with E-state index in [0.29, 0.717) is 7.35 Å². The van der Waals surface area contributed by atoms with Gasteiger partial charge in [0.05, 0.1) is 0 Å². The van der Waals surface area contributed by atoms with Gasteiger partial charge in [-0.2, -0.15) is 0 Å². The van der Waals surface area contributed by atoms with Crippen LogP contribution in [-0.2, 0) is 20.0 Å². The summed E-state index contributed by atoms with van der Waals surface area (Å²) in [7, 11) is -2.35. The molecule has 0 saturated carbocycles. The zero-order valence-electron chi connectivity index (χ0n) is 30.2. The van der Waals surface area contributed by atoms with Gasteiger partial charge in [0.1, 0.15) is 0 Å². The Morgan fingerprint density at radius 1 is 0.500 bits per heavy atom. The predicted octanol–water partition coefficient (Wildman–Crippen LogP) is 13.2. The summed E-state index contributed by atoms with van der Waals surface area (Å²) in [5.74, 6) is 0. The Bertz CT molecular complexity index is 1800. The third-order valence-corrected chi connectivity index (χ3v) is 36.6. The molecule has 3 aliphatic rings. The van der Waals surface area contributed by atoms with Crippen molar-refractivity contribution in [2.45, 2.75) is 96.0 Å². The van der Waals surface area contributed by atoms with Crippen LogP contribution in [0.25, 0.3) is 34.4 Å². The van der Waals surface area contributed by atoms with Crippen LogP contribution in [0.4, 0.5) is 0 Å². The summed E-state index contributed by atoms with van der Waals surface area (Å²) in [5.41, 5.74) is 17.6. The number of allylic oxidation sites excluding steroid dienone is 2. The summed E-state index contributed by atoms with van der Waals surface area (Å²) < 4.78 is 6.84. The first-order chi connectivity index (χ1) is 21.5. The van der Waals surface area contributed by atoms with Crippen molar-refractivity contribution >= 4 is 20.2 Å². The molecule has 0 amide bonds. The van der Waals surface area contributed by atoms with Gasteiger partial charge in [-0.25, -0.2) is 0 Å². The van der Waals surface area contributed by atoms with E-state index in [0.717, 1.165) is 0 Å². The standard InChI is InChI=1S/C42H46Si.2CH3.Hf/c1-27-15-11-16-28(2)39(27)35-21-13-19-31-23-33(25-37(31)35)43(41(5,6)7,42(8,9)10)34-24-32-20-14-22-36(38(32)26-34)40-29(3)17-12-18-30(40)4;;;/h11-26H,1-10H3;2*1H3;. The first-order valence-electron chi connectivity index (χ1n) is 17.4. The minimum absolute atomic E-state index is 0.158. The SMILES string of the molecule is Cc1cccc(C)c1-c1cccc2c1C=C1[CH]2[Hf]([CH3])([CH3])[CH]2C(=Cc3c(-c4c(C)cccc4C)cccc32)[Si]1(C(C)(C)C)C(C)(C)C. The van der Waals surface area contributed by atoms with Crippen molar-refractivity contribution in [1.82, 2.24) is 0 Å². The maximum absolute atomic E-state index is 3.21. The molecule has 2 heteroatoms. The monoisotopic (exact) mass is 788 g/mol. The molecule has 2 unspecified atom stereocenters. The number of hydrogen-bond donors (Lipinski definition) is 0. The summed E-state index contributed by atoms with van der Waals surface area (Å²) in [6, 6.07) is 28.3. The molecule has 1 heterocycles. The normalized spacial score (nSPS) is 20.8. The van der Waals surface area contributed by atoms with Crippen molar-refractivity contribution in [2.24, 2.45) is 0 Å². The molecule has 236 valence electrons. The molecule has 0 spiro atoms. The Morgan fingerprint density at radius 3 is 1.15 bits per heavy atom. The third-order valence-electron chi connectivity index (χ3n) is 12.2. The van der Waals surface area contributed by atoms with Crippen molar-refractivity contribution in [3.05, 3.63) is 128 Å². The quantitative estimate of drug-likeness (QED) is 0.178. The Balaban J connectivity index is 1.59. The van der Waals surface area contributed by atoms with Crippen molar-refractivity contribution in [2.75, 3.05) is 0 Å². The molecule has 4 aromatic rings. The van der Waals surface area contributed by atoms with Gasteiger partial charge in [-0.1, -0.05) is 0 Å². The Kier molecular flexibility index (Phi) is 7.29. The minimum atomic E-state index is -3.21. The number of hydrogen-bond acceptors (Lipinski definition) is 0. The van der Waals surface area contributed by atoms with Crippen LogP contribution in [0.15, 0.2) is 83.2 Å². The average molecular weight is 787 g/mol. The second kappa shape index (κ2) is 10.5. The zero-order chi connectivity index (χ0) is 33.1. The molecular formula is C44H52HfSi. The van der Waals surface area contributed by atoms with Gasteiger partial charge in [-0.05, 0) is 0 Å². The summed E-state index contributed by atoms with van der Waals surface area (Å²) in [5, 5.41) is 4.03. The fraction of sp³-hybridized carbons (Fsp3) is 0.364. The molecule has 0 nitrogen and oxygen atoms in total. The summed E-state index contributed by atoms with van der Waals surface area (Å²) in [6.07, 6.45) is 5.58. The van der Waals surface area contributed by atoms with Gasteiger partial charge in [0.15, 0.2) is 0 Å². The van der Waals surface area contributed by atoms with Crippen LogP contribution in [0.1, 0.15) is 93.4 Å².